The number of halogens is 1. The van der Waals surface area contributed by atoms with Crippen LogP contribution in [0.2, 0.25) is 0 Å². The van der Waals surface area contributed by atoms with E-state index in [0.29, 0.717) is 6.42 Å². The van der Waals surface area contributed by atoms with Gasteiger partial charge in [0.05, 0.1) is 6.04 Å². The molecule has 0 aromatic carbocycles. The highest BCUT2D eigenvalue weighted by Crippen LogP contribution is 1.97. The number of rotatable bonds is 3. The Kier molecular flexibility index (Phi) is 6.03. The molecule has 1 heterocycles. The third-order valence-corrected chi connectivity index (χ3v) is 2.18. The Morgan fingerprint density at radius 2 is 2.46 bits per heavy atom. The van der Waals surface area contributed by atoms with E-state index < -0.39 is 0 Å². The van der Waals surface area contributed by atoms with Gasteiger partial charge in [-0.15, -0.1) is 12.4 Å². The monoisotopic (exact) mass is 207 g/mol. The minimum absolute atomic E-state index is 0. The van der Waals surface area contributed by atoms with Crippen molar-refractivity contribution in [2.24, 2.45) is 5.73 Å². The average Bonchev–Trinajstić information content (AvgIpc) is 2.55. The van der Waals surface area contributed by atoms with Gasteiger partial charge >= 0.3 is 0 Å². The van der Waals surface area contributed by atoms with Gasteiger partial charge in [0.1, 0.15) is 0 Å². The number of carbonyl (C=O) groups is 1. The maximum Gasteiger partial charge on any atom is 0.237 e. The van der Waals surface area contributed by atoms with Crippen molar-refractivity contribution in [2.75, 3.05) is 13.1 Å². The average molecular weight is 208 g/mol. The third kappa shape index (κ3) is 3.93. The van der Waals surface area contributed by atoms with Crippen LogP contribution in [0.15, 0.2) is 0 Å². The molecule has 1 aliphatic rings. The second kappa shape index (κ2) is 6.18. The zero-order valence-corrected chi connectivity index (χ0v) is 8.69. The van der Waals surface area contributed by atoms with Crippen molar-refractivity contribution in [3.8, 4) is 0 Å². The van der Waals surface area contributed by atoms with E-state index in [-0.39, 0.29) is 30.4 Å². The molecule has 1 amide bonds. The van der Waals surface area contributed by atoms with E-state index in [2.05, 4.69) is 10.6 Å². The molecule has 1 aliphatic heterocycles. The SMILES string of the molecule is CCC(N)C(=O)NC1CCNC1.Cl. The first-order chi connectivity index (χ1) is 5.74. The normalized spacial score (nSPS) is 23.4. The van der Waals surface area contributed by atoms with Gasteiger partial charge in [-0.1, -0.05) is 6.92 Å². The molecule has 0 bridgehead atoms. The summed E-state index contributed by atoms with van der Waals surface area (Å²) >= 11 is 0. The smallest absolute Gasteiger partial charge is 0.237 e. The predicted octanol–water partition coefficient (Wildman–Crippen LogP) is -0.376. The highest BCUT2D eigenvalue weighted by molar-refractivity contribution is 5.85. The Balaban J connectivity index is 0.00000144. The Morgan fingerprint density at radius 1 is 1.77 bits per heavy atom. The maximum atomic E-state index is 11.3. The summed E-state index contributed by atoms with van der Waals surface area (Å²) in [5.41, 5.74) is 5.56. The zero-order chi connectivity index (χ0) is 8.97. The largest absolute Gasteiger partial charge is 0.351 e. The van der Waals surface area contributed by atoms with E-state index in [4.69, 9.17) is 5.73 Å². The van der Waals surface area contributed by atoms with Gasteiger partial charge in [-0.3, -0.25) is 4.79 Å². The Hall–Kier alpha value is -0.320. The molecule has 0 radical (unpaired) electrons. The van der Waals surface area contributed by atoms with E-state index in [1.807, 2.05) is 6.92 Å². The molecule has 78 valence electrons. The molecule has 1 rings (SSSR count). The second-order valence-electron chi connectivity index (χ2n) is 3.21. The highest BCUT2D eigenvalue weighted by atomic mass is 35.5. The summed E-state index contributed by atoms with van der Waals surface area (Å²) in [6.45, 7) is 3.78. The van der Waals surface area contributed by atoms with Gasteiger partial charge in [0, 0.05) is 12.6 Å². The van der Waals surface area contributed by atoms with Crippen LogP contribution in [0.3, 0.4) is 0 Å². The first-order valence-corrected chi connectivity index (χ1v) is 4.50. The molecule has 5 heteroatoms. The van der Waals surface area contributed by atoms with E-state index in [1.165, 1.54) is 0 Å². The van der Waals surface area contributed by atoms with Gasteiger partial charge in [0.25, 0.3) is 0 Å². The van der Waals surface area contributed by atoms with Crippen molar-refractivity contribution in [3.05, 3.63) is 0 Å². The lowest BCUT2D eigenvalue weighted by molar-refractivity contribution is -0.123. The van der Waals surface area contributed by atoms with E-state index >= 15 is 0 Å². The minimum Gasteiger partial charge on any atom is -0.351 e. The van der Waals surface area contributed by atoms with Crippen molar-refractivity contribution in [3.63, 3.8) is 0 Å². The van der Waals surface area contributed by atoms with Crippen LogP contribution >= 0.6 is 12.4 Å². The topological polar surface area (TPSA) is 67.2 Å². The lowest BCUT2D eigenvalue weighted by atomic mass is 10.2. The lowest BCUT2D eigenvalue weighted by Gasteiger charge is -2.14. The second-order valence-corrected chi connectivity index (χ2v) is 3.21. The molecule has 0 saturated carbocycles. The summed E-state index contributed by atoms with van der Waals surface area (Å²) in [5.74, 6) is -0.0220. The van der Waals surface area contributed by atoms with Gasteiger partial charge in [-0.25, -0.2) is 0 Å². The van der Waals surface area contributed by atoms with Crippen LogP contribution in [0.1, 0.15) is 19.8 Å². The Labute approximate surface area is 85.0 Å². The van der Waals surface area contributed by atoms with Crippen LogP contribution in [0.25, 0.3) is 0 Å². The van der Waals surface area contributed by atoms with Crippen molar-refractivity contribution in [2.45, 2.75) is 31.8 Å². The quantitative estimate of drug-likeness (QED) is 0.592. The Morgan fingerprint density at radius 3 is 2.92 bits per heavy atom. The van der Waals surface area contributed by atoms with Gasteiger partial charge in [-0.05, 0) is 19.4 Å². The first kappa shape index (κ1) is 12.7. The molecule has 0 spiro atoms. The molecule has 13 heavy (non-hydrogen) atoms. The third-order valence-electron chi connectivity index (χ3n) is 2.18. The maximum absolute atomic E-state index is 11.3. The zero-order valence-electron chi connectivity index (χ0n) is 7.88. The van der Waals surface area contributed by atoms with Crippen LogP contribution in [0.5, 0.6) is 0 Å². The van der Waals surface area contributed by atoms with Crippen molar-refractivity contribution in [1.82, 2.24) is 10.6 Å². The molecule has 1 fully saturated rings. The van der Waals surface area contributed by atoms with Gasteiger partial charge < -0.3 is 16.4 Å². The summed E-state index contributed by atoms with van der Waals surface area (Å²) in [4.78, 5) is 11.3. The molecule has 0 aromatic rings. The molecule has 2 atom stereocenters. The van der Waals surface area contributed by atoms with Crippen LogP contribution in [-0.4, -0.2) is 31.1 Å². The summed E-state index contributed by atoms with van der Waals surface area (Å²) in [6, 6.07) is -0.0549. The summed E-state index contributed by atoms with van der Waals surface area (Å²) in [7, 11) is 0. The molecule has 1 saturated heterocycles. The first-order valence-electron chi connectivity index (χ1n) is 4.50. The van der Waals surface area contributed by atoms with Crippen molar-refractivity contribution < 1.29 is 4.79 Å². The van der Waals surface area contributed by atoms with Gasteiger partial charge in [0.2, 0.25) is 5.91 Å². The number of nitrogens with two attached hydrogens (primary N) is 1. The molecule has 4 nitrogen and oxygen atoms in total. The molecular formula is C8H18ClN3O. The Bertz CT molecular complexity index is 159. The van der Waals surface area contributed by atoms with Crippen LogP contribution in [-0.2, 0) is 4.79 Å². The summed E-state index contributed by atoms with van der Waals surface area (Å²) < 4.78 is 0. The number of carbonyl (C=O) groups excluding carboxylic acids is 1. The van der Waals surface area contributed by atoms with E-state index in [1.54, 1.807) is 0 Å². The molecular weight excluding hydrogens is 190 g/mol. The fourth-order valence-electron chi connectivity index (χ4n) is 1.27. The number of hydrogen-bond donors (Lipinski definition) is 3. The number of hydrogen-bond acceptors (Lipinski definition) is 3. The lowest BCUT2D eigenvalue weighted by Crippen LogP contribution is -2.45. The van der Waals surface area contributed by atoms with Gasteiger partial charge in [-0.2, -0.15) is 0 Å². The number of amides is 1. The van der Waals surface area contributed by atoms with Crippen LogP contribution in [0.4, 0.5) is 0 Å². The predicted molar refractivity (Wildman–Crippen MR) is 54.9 cm³/mol. The van der Waals surface area contributed by atoms with Crippen LogP contribution < -0.4 is 16.4 Å². The fraction of sp³-hybridized carbons (Fsp3) is 0.875. The van der Waals surface area contributed by atoms with E-state index in [0.717, 1.165) is 19.5 Å². The summed E-state index contributed by atoms with van der Waals surface area (Å²) in [6.07, 6.45) is 1.72. The van der Waals surface area contributed by atoms with Crippen LogP contribution in [0, 0.1) is 0 Å². The molecule has 2 unspecified atom stereocenters. The van der Waals surface area contributed by atoms with Gasteiger partial charge in [0.15, 0.2) is 0 Å². The standard InChI is InChI=1S/C8H17N3O.ClH/c1-2-7(9)8(12)11-6-3-4-10-5-6;/h6-7,10H,2-5,9H2,1H3,(H,11,12);1H. The highest BCUT2D eigenvalue weighted by Gasteiger charge is 2.19. The van der Waals surface area contributed by atoms with Crippen molar-refractivity contribution in [1.29, 1.82) is 0 Å². The molecule has 0 aliphatic carbocycles. The van der Waals surface area contributed by atoms with E-state index in [9.17, 15) is 4.79 Å². The summed E-state index contributed by atoms with van der Waals surface area (Å²) in [5, 5.41) is 6.08. The minimum atomic E-state index is -0.342. The molecule has 4 N–H and O–H groups in total. The number of nitrogens with one attached hydrogen (secondary N) is 2. The van der Waals surface area contributed by atoms with Crippen molar-refractivity contribution >= 4 is 18.3 Å². The molecule has 0 aromatic heterocycles. The fourth-order valence-corrected chi connectivity index (χ4v) is 1.27.